The van der Waals surface area contributed by atoms with Crippen LogP contribution in [-0.4, -0.2) is 30.3 Å². The van der Waals surface area contributed by atoms with E-state index < -0.39 is 5.97 Å². The van der Waals surface area contributed by atoms with E-state index in [9.17, 15) is 4.79 Å². The van der Waals surface area contributed by atoms with Crippen molar-refractivity contribution >= 4 is 5.97 Å². The molecule has 2 unspecified atom stereocenters. The highest BCUT2D eigenvalue weighted by atomic mass is 16.5. The number of carboxylic acid groups (broad SMARTS) is 1. The molecule has 1 aliphatic rings. The van der Waals surface area contributed by atoms with Gasteiger partial charge in [-0.25, -0.2) is 4.79 Å². The van der Waals surface area contributed by atoms with E-state index in [1.54, 1.807) is 6.07 Å². The predicted octanol–water partition coefficient (Wildman–Crippen LogP) is 2.01. The number of ether oxygens (including phenoxy) is 1. The van der Waals surface area contributed by atoms with Gasteiger partial charge in [0, 0.05) is 6.04 Å². The molecule has 0 saturated carbocycles. The van der Waals surface area contributed by atoms with Crippen LogP contribution in [0.4, 0.5) is 0 Å². The second-order valence-corrected chi connectivity index (χ2v) is 4.75. The molecule has 1 saturated heterocycles. The van der Waals surface area contributed by atoms with Gasteiger partial charge in [-0.05, 0) is 43.0 Å². The summed E-state index contributed by atoms with van der Waals surface area (Å²) in [6, 6.07) is 8.23. The Balaban J connectivity index is 2.03. The predicted molar refractivity (Wildman–Crippen MR) is 69.0 cm³/mol. The lowest BCUT2D eigenvalue weighted by Gasteiger charge is -2.20. The number of nitrogens with one attached hydrogen (secondary N) is 1. The van der Waals surface area contributed by atoms with Crippen molar-refractivity contribution in [1.82, 2.24) is 5.32 Å². The zero-order chi connectivity index (χ0) is 13.0. The third-order valence-electron chi connectivity index (χ3n) is 3.45. The summed E-state index contributed by atoms with van der Waals surface area (Å²) >= 11 is 0. The van der Waals surface area contributed by atoms with Crippen molar-refractivity contribution < 1.29 is 14.6 Å². The van der Waals surface area contributed by atoms with E-state index in [0.29, 0.717) is 17.7 Å². The van der Waals surface area contributed by atoms with Crippen molar-refractivity contribution in [3.63, 3.8) is 0 Å². The lowest BCUT2D eigenvalue weighted by atomic mass is 9.92. The lowest BCUT2D eigenvalue weighted by Crippen LogP contribution is -2.27. The average molecular weight is 249 g/mol. The van der Waals surface area contributed by atoms with Gasteiger partial charge in [-0.15, -0.1) is 0 Å². The molecule has 1 aromatic carbocycles. The Morgan fingerprint density at radius 2 is 2.44 bits per heavy atom. The smallest absolute Gasteiger partial charge is 0.341 e. The first-order chi connectivity index (χ1) is 8.66. The van der Waals surface area contributed by atoms with E-state index in [1.807, 2.05) is 12.1 Å². The lowest BCUT2D eigenvalue weighted by molar-refractivity contribution is -0.139. The highest BCUT2D eigenvalue weighted by molar-refractivity contribution is 5.68. The molecule has 2 atom stereocenters. The number of benzene rings is 1. The summed E-state index contributed by atoms with van der Waals surface area (Å²) in [6.45, 7) is 2.99. The van der Waals surface area contributed by atoms with Crippen molar-refractivity contribution in [2.45, 2.75) is 31.7 Å². The molecule has 0 aliphatic carbocycles. The first-order valence-electron chi connectivity index (χ1n) is 6.35. The highest BCUT2D eigenvalue weighted by Crippen LogP contribution is 2.27. The van der Waals surface area contributed by atoms with Crippen LogP contribution in [0, 0.1) is 0 Å². The van der Waals surface area contributed by atoms with Gasteiger partial charge in [0.15, 0.2) is 6.61 Å². The zero-order valence-electron chi connectivity index (χ0n) is 10.6. The summed E-state index contributed by atoms with van der Waals surface area (Å²) in [4.78, 5) is 10.5. The SMILES string of the molecule is CC(c1cccc(OCC(=O)O)c1)C1CCCN1. The molecule has 18 heavy (non-hydrogen) atoms. The largest absolute Gasteiger partial charge is 0.482 e. The fourth-order valence-electron chi connectivity index (χ4n) is 2.40. The first-order valence-corrected chi connectivity index (χ1v) is 6.35. The van der Waals surface area contributed by atoms with Crippen LogP contribution < -0.4 is 10.1 Å². The minimum absolute atomic E-state index is 0.292. The van der Waals surface area contributed by atoms with Crippen LogP contribution in [0.1, 0.15) is 31.2 Å². The highest BCUT2D eigenvalue weighted by Gasteiger charge is 2.22. The van der Waals surface area contributed by atoms with Gasteiger partial charge in [-0.1, -0.05) is 19.1 Å². The maximum atomic E-state index is 10.5. The number of carboxylic acids is 1. The molecule has 0 bridgehead atoms. The Kier molecular flexibility index (Phi) is 4.20. The molecule has 1 heterocycles. The fraction of sp³-hybridized carbons (Fsp3) is 0.500. The summed E-state index contributed by atoms with van der Waals surface area (Å²) in [5, 5.41) is 12.1. The third kappa shape index (κ3) is 3.23. The Bertz CT molecular complexity index is 413. The van der Waals surface area contributed by atoms with Crippen molar-refractivity contribution in [2.24, 2.45) is 0 Å². The Hall–Kier alpha value is -1.55. The van der Waals surface area contributed by atoms with Gasteiger partial charge >= 0.3 is 5.97 Å². The van der Waals surface area contributed by atoms with Crippen molar-refractivity contribution in [3.05, 3.63) is 29.8 Å². The van der Waals surface area contributed by atoms with Gasteiger partial charge in [-0.2, -0.15) is 0 Å². The van der Waals surface area contributed by atoms with E-state index in [4.69, 9.17) is 9.84 Å². The molecule has 4 nitrogen and oxygen atoms in total. The number of rotatable bonds is 5. The van der Waals surface area contributed by atoms with E-state index in [1.165, 1.54) is 18.4 Å². The van der Waals surface area contributed by atoms with Crippen molar-refractivity contribution in [1.29, 1.82) is 0 Å². The van der Waals surface area contributed by atoms with E-state index in [0.717, 1.165) is 6.54 Å². The molecule has 0 spiro atoms. The van der Waals surface area contributed by atoms with Crippen molar-refractivity contribution in [3.8, 4) is 5.75 Å². The Morgan fingerprint density at radius 1 is 1.61 bits per heavy atom. The van der Waals surface area contributed by atoms with Crippen LogP contribution in [0.2, 0.25) is 0 Å². The summed E-state index contributed by atoms with van der Waals surface area (Å²) in [5.41, 5.74) is 1.19. The average Bonchev–Trinajstić information content (AvgIpc) is 2.89. The topological polar surface area (TPSA) is 58.6 Å². The van der Waals surface area contributed by atoms with Gasteiger partial charge in [0.05, 0.1) is 0 Å². The molecule has 4 heteroatoms. The van der Waals surface area contributed by atoms with Gasteiger partial charge in [0.1, 0.15) is 5.75 Å². The first kappa shape index (κ1) is 12.9. The Morgan fingerprint density at radius 3 is 3.11 bits per heavy atom. The quantitative estimate of drug-likeness (QED) is 0.838. The van der Waals surface area contributed by atoms with Gasteiger partial charge < -0.3 is 15.2 Å². The molecule has 98 valence electrons. The monoisotopic (exact) mass is 249 g/mol. The maximum absolute atomic E-state index is 10.5. The maximum Gasteiger partial charge on any atom is 0.341 e. The number of carbonyl (C=O) groups is 1. The minimum Gasteiger partial charge on any atom is -0.482 e. The summed E-state index contributed by atoms with van der Waals surface area (Å²) in [7, 11) is 0. The van der Waals surface area contributed by atoms with E-state index in [-0.39, 0.29) is 6.61 Å². The van der Waals surface area contributed by atoms with Crippen LogP contribution >= 0.6 is 0 Å². The summed E-state index contributed by atoms with van der Waals surface area (Å²) < 4.78 is 5.20. The molecule has 2 N–H and O–H groups in total. The molecule has 0 aromatic heterocycles. The number of aliphatic carboxylic acids is 1. The summed E-state index contributed by atoms with van der Waals surface area (Å²) in [6.07, 6.45) is 2.42. The molecule has 0 radical (unpaired) electrons. The molecular formula is C14H19NO3. The van der Waals surface area contributed by atoms with E-state index in [2.05, 4.69) is 18.3 Å². The molecule has 1 aliphatic heterocycles. The minimum atomic E-state index is -0.953. The molecule has 2 rings (SSSR count). The van der Waals surface area contributed by atoms with Crippen LogP contribution in [0.3, 0.4) is 0 Å². The normalized spacial score (nSPS) is 20.6. The number of hydrogen-bond acceptors (Lipinski definition) is 3. The van der Waals surface area contributed by atoms with Crippen molar-refractivity contribution in [2.75, 3.05) is 13.2 Å². The van der Waals surface area contributed by atoms with Crippen LogP contribution in [-0.2, 0) is 4.79 Å². The second kappa shape index (κ2) is 5.87. The Labute approximate surface area is 107 Å². The van der Waals surface area contributed by atoms with Crippen LogP contribution in [0.15, 0.2) is 24.3 Å². The third-order valence-corrected chi connectivity index (χ3v) is 3.45. The number of hydrogen-bond donors (Lipinski definition) is 2. The van der Waals surface area contributed by atoms with Gasteiger partial charge in [0.2, 0.25) is 0 Å². The molecular weight excluding hydrogens is 230 g/mol. The zero-order valence-corrected chi connectivity index (χ0v) is 10.6. The molecule has 1 aromatic rings. The summed E-state index contributed by atoms with van der Waals surface area (Å²) in [5.74, 6) is 0.0894. The standard InChI is InChI=1S/C14H19NO3/c1-10(13-6-3-7-15-13)11-4-2-5-12(8-11)18-9-14(16)17/h2,4-5,8,10,13,15H,3,6-7,9H2,1H3,(H,16,17). The van der Waals surface area contributed by atoms with Crippen LogP contribution in [0.5, 0.6) is 5.75 Å². The van der Waals surface area contributed by atoms with Gasteiger partial charge in [0.25, 0.3) is 0 Å². The van der Waals surface area contributed by atoms with E-state index >= 15 is 0 Å². The fourth-order valence-corrected chi connectivity index (χ4v) is 2.40. The molecule has 0 amide bonds. The van der Waals surface area contributed by atoms with Crippen LogP contribution in [0.25, 0.3) is 0 Å². The van der Waals surface area contributed by atoms with Gasteiger partial charge in [-0.3, -0.25) is 0 Å². The second-order valence-electron chi connectivity index (χ2n) is 4.75. The molecule has 1 fully saturated rings.